The van der Waals surface area contributed by atoms with E-state index in [1.165, 1.54) is 12.1 Å². The minimum Gasteiger partial charge on any atom is -0.459 e. The van der Waals surface area contributed by atoms with Crippen LogP contribution >= 0.6 is 0 Å². The number of esters is 1. The molecule has 0 saturated carbocycles. The molecule has 1 unspecified atom stereocenters. The van der Waals surface area contributed by atoms with E-state index in [4.69, 9.17) is 4.74 Å². The van der Waals surface area contributed by atoms with E-state index in [0.717, 1.165) is 18.6 Å². The quantitative estimate of drug-likeness (QED) is 0.763. The molecular weight excluding hydrogens is 245 g/mol. The number of halogens is 3. The van der Waals surface area contributed by atoms with Crippen LogP contribution in [0.15, 0.2) is 24.3 Å². The fourth-order valence-corrected chi connectivity index (χ4v) is 1.54. The van der Waals surface area contributed by atoms with Gasteiger partial charge >= 0.3 is 12.1 Å². The number of hydrogen-bond acceptors (Lipinski definition) is 2. The summed E-state index contributed by atoms with van der Waals surface area (Å²) in [5, 5.41) is 0. The summed E-state index contributed by atoms with van der Waals surface area (Å²) >= 11 is 0. The van der Waals surface area contributed by atoms with Crippen LogP contribution in [-0.4, -0.2) is 12.1 Å². The molecule has 0 fully saturated rings. The van der Waals surface area contributed by atoms with Crippen molar-refractivity contribution < 1.29 is 22.7 Å². The van der Waals surface area contributed by atoms with Crippen LogP contribution in [0.4, 0.5) is 13.2 Å². The van der Waals surface area contributed by atoms with Crippen LogP contribution in [0.2, 0.25) is 0 Å². The molecule has 1 atom stereocenters. The predicted molar refractivity (Wildman–Crippen MR) is 61.2 cm³/mol. The van der Waals surface area contributed by atoms with Gasteiger partial charge in [-0.25, -0.2) is 4.79 Å². The molecule has 1 aromatic carbocycles. The fourth-order valence-electron chi connectivity index (χ4n) is 1.54. The summed E-state index contributed by atoms with van der Waals surface area (Å²) in [6, 6.07) is 4.24. The van der Waals surface area contributed by atoms with Crippen LogP contribution < -0.4 is 0 Å². The number of hydrogen-bond donors (Lipinski definition) is 0. The van der Waals surface area contributed by atoms with Crippen LogP contribution in [-0.2, 0) is 10.9 Å². The third kappa shape index (κ3) is 4.05. The molecule has 1 aromatic rings. The first kappa shape index (κ1) is 14.5. The Morgan fingerprint density at radius 3 is 2.61 bits per heavy atom. The zero-order chi connectivity index (χ0) is 13.8. The third-order valence-electron chi connectivity index (χ3n) is 2.43. The Morgan fingerprint density at radius 1 is 1.39 bits per heavy atom. The second-order valence-corrected chi connectivity index (χ2v) is 4.08. The summed E-state index contributed by atoms with van der Waals surface area (Å²) in [4.78, 5) is 11.6. The summed E-state index contributed by atoms with van der Waals surface area (Å²) in [6.07, 6.45) is -3.22. The first-order valence-electron chi connectivity index (χ1n) is 5.72. The van der Waals surface area contributed by atoms with Crippen molar-refractivity contribution in [1.82, 2.24) is 0 Å². The molecule has 0 aliphatic heterocycles. The van der Waals surface area contributed by atoms with E-state index in [1.54, 1.807) is 6.92 Å². The molecule has 0 amide bonds. The molecule has 0 aliphatic carbocycles. The van der Waals surface area contributed by atoms with Gasteiger partial charge in [0.05, 0.1) is 17.2 Å². The average Bonchev–Trinajstić information content (AvgIpc) is 2.28. The summed E-state index contributed by atoms with van der Waals surface area (Å²) in [5.74, 6) is -0.720. The molecule has 0 bridgehead atoms. The Kier molecular flexibility index (Phi) is 4.76. The Labute approximate surface area is 104 Å². The highest BCUT2D eigenvalue weighted by atomic mass is 19.4. The molecule has 0 N–H and O–H groups in total. The Bertz CT molecular complexity index is 413. The van der Waals surface area contributed by atoms with Gasteiger partial charge in [-0.2, -0.15) is 13.2 Å². The van der Waals surface area contributed by atoms with Crippen molar-refractivity contribution in [2.75, 3.05) is 0 Å². The van der Waals surface area contributed by atoms with Gasteiger partial charge in [-0.15, -0.1) is 0 Å². The summed E-state index contributed by atoms with van der Waals surface area (Å²) in [6.45, 7) is 3.66. The molecule has 1 rings (SSSR count). The van der Waals surface area contributed by atoms with Crippen LogP contribution in [0.1, 0.15) is 42.6 Å². The molecular formula is C13H15F3O2. The van der Waals surface area contributed by atoms with E-state index in [9.17, 15) is 18.0 Å². The zero-order valence-corrected chi connectivity index (χ0v) is 10.3. The second kappa shape index (κ2) is 5.89. The number of alkyl halides is 3. The second-order valence-electron chi connectivity index (χ2n) is 4.08. The lowest BCUT2D eigenvalue weighted by Crippen LogP contribution is -2.15. The van der Waals surface area contributed by atoms with Crippen molar-refractivity contribution in [3.8, 4) is 0 Å². The van der Waals surface area contributed by atoms with Gasteiger partial charge in [0.1, 0.15) is 0 Å². The van der Waals surface area contributed by atoms with Crippen LogP contribution in [0, 0.1) is 0 Å². The normalized spacial score (nSPS) is 13.2. The minimum absolute atomic E-state index is 0.0761. The van der Waals surface area contributed by atoms with Gasteiger partial charge in [0.25, 0.3) is 0 Å². The standard InChI is InChI=1S/C13H15F3O2/c1-3-5-9(2)18-12(17)10-6-4-7-11(8-10)13(14,15)16/h4,6-9H,3,5H2,1-2H3. The molecule has 2 nitrogen and oxygen atoms in total. The maximum absolute atomic E-state index is 12.5. The highest BCUT2D eigenvalue weighted by molar-refractivity contribution is 5.89. The maximum Gasteiger partial charge on any atom is 0.416 e. The zero-order valence-electron chi connectivity index (χ0n) is 10.3. The van der Waals surface area contributed by atoms with Gasteiger partial charge < -0.3 is 4.74 Å². The Balaban J connectivity index is 2.81. The molecule has 0 saturated heterocycles. The molecule has 0 aliphatic rings. The topological polar surface area (TPSA) is 26.3 Å². The van der Waals surface area contributed by atoms with E-state index < -0.39 is 17.7 Å². The molecule has 18 heavy (non-hydrogen) atoms. The number of benzene rings is 1. The lowest BCUT2D eigenvalue weighted by Gasteiger charge is -2.13. The third-order valence-corrected chi connectivity index (χ3v) is 2.43. The van der Waals surface area contributed by atoms with Crippen molar-refractivity contribution in [3.05, 3.63) is 35.4 Å². The number of rotatable bonds is 4. The average molecular weight is 260 g/mol. The lowest BCUT2D eigenvalue weighted by molar-refractivity contribution is -0.137. The minimum atomic E-state index is -4.45. The number of ether oxygens (including phenoxy) is 1. The number of carbonyl (C=O) groups is 1. The first-order chi connectivity index (χ1) is 8.34. The van der Waals surface area contributed by atoms with Gasteiger partial charge in [0.2, 0.25) is 0 Å². The Morgan fingerprint density at radius 2 is 2.06 bits per heavy atom. The molecule has 100 valence electrons. The fraction of sp³-hybridized carbons (Fsp3) is 0.462. The lowest BCUT2D eigenvalue weighted by atomic mass is 10.1. The van der Waals surface area contributed by atoms with Gasteiger partial charge in [-0.3, -0.25) is 0 Å². The summed E-state index contributed by atoms with van der Waals surface area (Å²) in [5.41, 5.74) is -0.923. The van der Waals surface area contributed by atoms with Crippen LogP contribution in [0.3, 0.4) is 0 Å². The van der Waals surface area contributed by atoms with E-state index in [-0.39, 0.29) is 11.7 Å². The summed E-state index contributed by atoms with van der Waals surface area (Å²) in [7, 11) is 0. The van der Waals surface area contributed by atoms with Gasteiger partial charge in [0.15, 0.2) is 0 Å². The van der Waals surface area contributed by atoms with Crippen molar-refractivity contribution in [2.24, 2.45) is 0 Å². The largest absolute Gasteiger partial charge is 0.459 e. The molecule has 0 heterocycles. The SMILES string of the molecule is CCCC(C)OC(=O)c1cccc(C(F)(F)F)c1. The maximum atomic E-state index is 12.5. The van der Waals surface area contributed by atoms with Gasteiger partial charge in [-0.05, 0) is 31.5 Å². The van der Waals surface area contributed by atoms with Crippen molar-refractivity contribution in [1.29, 1.82) is 0 Å². The first-order valence-corrected chi connectivity index (χ1v) is 5.72. The van der Waals surface area contributed by atoms with Crippen molar-refractivity contribution in [2.45, 2.75) is 39.0 Å². The van der Waals surface area contributed by atoms with E-state index >= 15 is 0 Å². The highest BCUT2D eigenvalue weighted by Gasteiger charge is 2.31. The monoisotopic (exact) mass is 260 g/mol. The molecule has 0 aromatic heterocycles. The van der Waals surface area contributed by atoms with Crippen molar-refractivity contribution >= 4 is 5.97 Å². The van der Waals surface area contributed by atoms with E-state index in [2.05, 4.69) is 0 Å². The van der Waals surface area contributed by atoms with Crippen LogP contribution in [0.25, 0.3) is 0 Å². The van der Waals surface area contributed by atoms with Gasteiger partial charge in [-0.1, -0.05) is 19.4 Å². The number of carbonyl (C=O) groups excluding carboxylic acids is 1. The predicted octanol–water partition coefficient (Wildman–Crippen LogP) is 4.05. The molecule has 0 radical (unpaired) electrons. The van der Waals surface area contributed by atoms with E-state index in [0.29, 0.717) is 6.42 Å². The smallest absolute Gasteiger partial charge is 0.416 e. The Hall–Kier alpha value is -1.52. The van der Waals surface area contributed by atoms with Gasteiger partial charge in [0, 0.05) is 0 Å². The van der Waals surface area contributed by atoms with Crippen LogP contribution in [0.5, 0.6) is 0 Å². The van der Waals surface area contributed by atoms with Crippen molar-refractivity contribution in [3.63, 3.8) is 0 Å². The molecule has 0 spiro atoms. The highest BCUT2D eigenvalue weighted by Crippen LogP contribution is 2.29. The summed E-state index contributed by atoms with van der Waals surface area (Å²) < 4.78 is 42.4. The van der Waals surface area contributed by atoms with E-state index in [1.807, 2.05) is 6.92 Å². The molecule has 5 heteroatoms.